The average molecular weight is 230 g/mol. The van der Waals surface area contributed by atoms with Crippen LogP contribution in [0, 0.1) is 6.92 Å². The largest absolute Gasteiger partial charge is 0.496 e. The molecule has 0 aliphatic carbocycles. The van der Waals surface area contributed by atoms with Crippen molar-refractivity contribution in [2.75, 3.05) is 32.2 Å². The number of anilines is 1. The molecule has 0 bridgehead atoms. The van der Waals surface area contributed by atoms with Gasteiger partial charge in [-0.1, -0.05) is 0 Å². The van der Waals surface area contributed by atoms with E-state index in [1.807, 2.05) is 31.0 Å². The summed E-state index contributed by atoms with van der Waals surface area (Å²) in [5.74, 6) is 1.64. The summed E-state index contributed by atoms with van der Waals surface area (Å²) in [7, 11) is 5.20. The number of nitrogens with zero attached hydrogens (tertiary/aromatic N) is 1. The summed E-state index contributed by atoms with van der Waals surface area (Å²) in [6.45, 7) is 1.98. The maximum Gasteiger partial charge on any atom is 0.142 e. The number of hydrogen-bond acceptors (Lipinski definition) is 3. The van der Waals surface area contributed by atoms with E-state index in [-0.39, 0.29) is 0 Å². The van der Waals surface area contributed by atoms with E-state index in [9.17, 15) is 0 Å². The minimum Gasteiger partial charge on any atom is -0.496 e. The topological polar surface area (TPSA) is 21.7 Å². The van der Waals surface area contributed by atoms with Crippen LogP contribution in [-0.2, 0) is 0 Å². The van der Waals surface area contributed by atoms with Gasteiger partial charge in [0.1, 0.15) is 11.5 Å². The second-order valence-electron chi connectivity index (χ2n) is 3.31. The lowest BCUT2D eigenvalue weighted by Crippen LogP contribution is -2.15. The Morgan fingerprint density at radius 1 is 1.20 bits per heavy atom. The lowest BCUT2D eigenvalue weighted by atomic mass is 10.1. The third-order valence-electron chi connectivity index (χ3n) is 2.29. The van der Waals surface area contributed by atoms with Crippen molar-refractivity contribution < 1.29 is 9.47 Å². The molecule has 0 fully saturated rings. The molecule has 4 heteroatoms. The highest BCUT2D eigenvalue weighted by Crippen LogP contribution is 2.34. The van der Waals surface area contributed by atoms with E-state index < -0.39 is 0 Å². The van der Waals surface area contributed by atoms with Crippen LogP contribution in [0.4, 0.5) is 5.69 Å². The summed E-state index contributed by atoms with van der Waals surface area (Å²) < 4.78 is 10.5. The Kier molecular flexibility index (Phi) is 4.09. The van der Waals surface area contributed by atoms with Crippen LogP contribution in [0.25, 0.3) is 0 Å². The minimum atomic E-state index is 0.405. The van der Waals surface area contributed by atoms with Crippen molar-refractivity contribution in [3.05, 3.63) is 17.7 Å². The van der Waals surface area contributed by atoms with Crippen molar-refractivity contribution in [2.45, 2.75) is 6.92 Å². The Morgan fingerprint density at radius 3 is 2.27 bits per heavy atom. The van der Waals surface area contributed by atoms with Gasteiger partial charge in [0.05, 0.1) is 25.9 Å². The first-order chi connectivity index (χ1) is 7.13. The van der Waals surface area contributed by atoms with Crippen LogP contribution < -0.4 is 14.4 Å². The number of aryl methyl sites for hydroxylation is 1. The maximum absolute atomic E-state index is 5.78. The van der Waals surface area contributed by atoms with Gasteiger partial charge in [-0.3, -0.25) is 0 Å². The summed E-state index contributed by atoms with van der Waals surface area (Å²) in [5, 5.41) is 0. The van der Waals surface area contributed by atoms with Gasteiger partial charge in [0.2, 0.25) is 0 Å². The van der Waals surface area contributed by atoms with Crippen LogP contribution in [0.2, 0.25) is 0 Å². The highest BCUT2D eigenvalue weighted by molar-refractivity contribution is 6.19. The molecule has 0 radical (unpaired) electrons. The van der Waals surface area contributed by atoms with Gasteiger partial charge < -0.3 is 14.4 Å². The van der Waals surface area contributed by atoms with Crippen LogP contribution in [0.3, 0.4) is 0 Å². The first-order valence-electron chi connectivity index (χ1n) is 4.63. The van der Waals surface area contributed by atoms with Crippen molar-refractivity contribution >= 4 is 17.3 Å². The fraction of sp³-hybridized carbons (Fsp3) is 0.455. The lowest BCUT2D eigenvalue weighted by molar-refractivity contribution is 0.401. The second kappa shape index (κ2) is 5.12. The van der Waals surface area contributed by atoms with Crippen LogP contribution >= 0.6 is 11.6 Å². The fourth-order valence-electron chi connectivity index (χ4n) is 1.40. The van der Waals surface area contributed by atoms with E-state index in [1.54, 1.807) is 14.2 Å². The number of methoxy groups -OCH3 is 2. The normalized spacial score (nSPS) is 9.93. The fourth-order valence-corrected chi connectivity index (χ4v) is 1.53. The number of alkyl halides is 1. The average Bonchev–Trinajstić information content (AvgIpc) is 2.27. The number of halogens is 1. The predicted molar refractivity (Wildman–Crippen MR) is 63.4 cm³/mol. The molecule has 0 N–H and O–H groups in total. The standard InChI is InChI=1S/C11H16ClNO2/c1-8-5-11(15-4)9(13(2)7-12)6-10(8)14-3/h5-6H,7H2,1-4H3. The summed E-state index contributed by atoms with van der Waals surface area (Å²) >= 11 is 5.78. The molecule has 0 aliphatic heterocycles. The van der Waals surface area contributed by atoms with E-state index in [2.05, 4.69) is 0 Å². The first kappa shape index (κ1) is 12.0. The van der Waals surface area contributed by atoms with Crippen LogP contribution in [0.5, 0.6) is 11.5 Å². The molecule has 1 rings (SSSR count). The predicted octanol–water partition coefficient (Wildman–Crippen LogP) is 2.64. The Morgan fingerprint density at radius 2 is 1.80 bits per heavy atom. The van der Waals surface area contributed by atoms with Gasteiger partial charge in [-0.05, 0) is 18.6 Å². The molecular formula is C11H16ClNO2. The smallest absolute Gasteiger partial charge is 0.142 e. The summed E-state index contributed by atoms with van der Waals surface area (Å²) in [4.78, 5) is 1.89. The zero-order valence-electron chi connectivity index (χ0n) is 9.50. The Balaban J connectivity index is 3.22. The van der Waals surface area contributed by atoms with Crippen LogP contribution in [-0.4, -0.2) is 27.3 Å². The Hall–Kier alpha value is -1.09. The Labute approximate surface area is 95.5 Å². The third kappa shape index (κ3) is 2.48. The molecule has 0 amide bonds. The molecule has 1 aromatic rings. The summed E-state index contributed by atoms with van der Waals surface area (Å²) in [5.41, 5.74) is 1.97. The molecule has 0 aromatic heterocycles. The van der Waals surface area contributed by atoms with E-state index >= 15 is 0 Å². The molecule has 0 unspecified atom stereocenters. The van der Waals surface area contributed by atoms with E-state index in [4.69, 9.17) is 21.1 Å². The molecule has 3 nitrogen and oxygen atoms in total. The molecule has 0 aliphatic rings. The lowest BCUT2D eigenvalue weighted by Gasteiger charge is -2.20. The van der Waals surface area contributed by atoms with Gasteiger partial charge in [0.25, 0.3) is 0 Å². The third-order valence-corrected chi connectivity index (χ3v) is 2.65. The highest BCUT2D eigenvalue weighted by atomic mass is 35.5. The van der Waals surface area contributed by atoms with Gasteiger partial charge >= 0.3 is 0 Å². The van der Waals surface area contributed by atoms with E-state index in [0.29, 0.717) is 6.00 Å². The molecule has 1 aromatic carbocycles. The van der Waals surface area contributed by atoms with E-state index in [1.165, 1.54) is 0 Å². The number of benzene rings is 1. The molecule has 0 saturated carbocycles. The maximum atomic E-state index is 5.78. The van der Waals surface area contributed by atoms with Gasteiger partial charge in [-0.2, -0.15) is 0 Å². The molecule has 0 saturated heterocycles. The molecule has 0 heterocycles. The second-order valence-corrected chi connectivity index (χ2v) is 3.55. The number of ether oxygens (including phenoxy) is 2. The van der Waals surface area contributed by atoms with Gasteiger partial charge in [0, 0.05) is 13.1 Å². The SMILES string of the molecule is COc1cc(N(C)CCl)c(OC)cc1C. The number of rotatable bonds is 4. The van der Waals surface area contributed by atoms with Crippen molar-refractivity contribution in [1.29, 1.82) is 0 Å². The van der Waals surface area contributed by atoms with Crippen molar-refractivity contribution in [3.63, 3.8) is 0 Å². The van der Waals surface area contributed by atoms with Gasteiger partial charge in [-0.15, -0.1) is 11.6 Å². The summed E-state index contributed by atoms with van der Waals surface area (Å²) in [6, 6.07) is 4.27. The minimum absolute atomic E-state index is 0.405. The van der Waals surface area contributed by atoms with E-state index in [0.717, 1.165) is 22.7 Å². The Bertz CT molecular complexity index is 342. The van der Waals surface area contributed by atoms with Crippen LogP contribution in [0.15, 0.2) is 12.1 Å². The monoisotopic (exact) mass is 229 g/mol. The molecule has 0 spiro atoms. The molecular weight excluding hydrogens is 214 g/mol. The van der Waals surface area contributed by atoms with Crippen LogP contribution in [0.1, 0.15) is 5.56 Å². The quantitative estimate of drug-likeness (QED) is 0.585. The van der Waals surface area contributed by atoms with Crippen molar-refractivity contribution in [1.82, 2.24) is 0 Å². The van der Waals surface area contributed by atoms with Gasteiger partial charge in [0.15, 0.2) is 0 Å². The number of hydrogen-bond donors (Lipinski definition) is 0. The first-order valence-corrected chi connectivity index (χ1v) is 5.17. The van der Waals surface area contributed by atoms with Gasteiger partial charge in [-0.25, -0.2) is 0 Å². The van der Waals surface area contributed by atoms with Crippen molar-refractivity contribution in [3.8, 4) is 11.5 Å². The zero-order valence-corrected chi connectivity index (χ0v) is 10.3. The van der Waals surface area contributed by atoms with Crippen molar-refractivity contribution in [2.24, 2.45) is 0 Å². The molecule has 15 heavy (non-hydrogen) atoms. The zero-order chi connectivity index (χ0) is 11.4. The molecule has 84 valence electrons. The molecule has 0 atom stereocenters. The summed E-state index contributed by atoms with van der Waals surface area (Å²) in [6.07, 6.45) is 0. The highest BCUT2D eigenvalue weighted by Gasteiger charge is 2.11.